The van der Waals surface area contributed by atoms with Crippen molar-refractivity contribution >= 4 is 61.1 Å². The molecule has 3 rings (SSSR count). The fourth-order valence-electron chi connectivity index (χ4n) is 1.85. The Labute approximate surface area is 128 Å². The molecule has 96 valence electrons. The summed E-state index contributed by atoms with van der Waals surface area (Å²) in [4.78, 5) is 13.0. The summed E-state index contributed by atoms with van der Waals surface area (Å²) >= 11 is 15.2. The van der Waals surface area contributed by atoms with E-state index in [1.165, 1.54) is 11.3 Å². The summed E-state index contributed by atoms with van der Waals surface area (Å²) in [5.74, 6) is 0.0811. The van der Waals surface area contributed by atoms with Gasteiger partial charge in [0.2, 0.25) is 0 Å². The van der Waals surface area contributed by atoms with Gasteiger partial charge in [0, 0.05) is 15.8 Å². The van der Waals surface area contributed by atoms with Gasteiger partial charge in [0.1, 0.15) is 0 Å². The topological polar surface area (TPSA) is 17.1 Å². The van der Waals surface area contributed by atoms with Crippen LogP contribution in [0.15, 0.2) is 35.7 Å². The van der Waals surface area contributed by atoms with E-state index < -0.39 is 0 Å². The maximum absolute atomic E-state index is 12.3. The number of thiophene rings is 2. The quantitative estimate of drug-likeness (QED) is 0.564. The highest BCUT2D eigenvalue weighted by molar-refractivity contribution is 7.27. The van der Waals surface area contributed by atoms with E-state index in [0.29, 0.717) is 10.0 Å². The molecule has 0 spiro atoms. The van der Waals surface area contributed by atoms with Gasteiger partial charge in [0.25, 0.3) is 0 Å². The first-order valence-corrected chi connectivity index (χ1v) is 8.03. The van der Waals surface area contributed by atoms with Gasteiger partial charge in [-0.25, -0.2) is 0 Å². The van der Waals surface area contributed by atoms with E-state index in [-0.39, 0.29) is 12.2 Å². The van der Waals surface area contributed by atoms with Gasteiger partial charge in [-0.05, 0) is 29.1 Å². The smallest absolute Gasteiger partial charge is 0.177 e. The predicted molar refractivity (Wildman–Crippen MR) is 84.2 cm³/mol. The highest BCUT2D eigenvalue weighted by Crippen LogP contribution is 2.32. The van der Waals surface area contributed by atoms with E-state index in [1.54, 1.807) is 17.4 Å². The summed E-state index contributed by atoms with van der Waals surface area (Å²) in [6.45, 7) is 0. The predicted octanol–water partition coefficient (Wildman–Crippen LogP) is 5.70. The Bertz CT molecular complexity index is 729. The Morgan fingerprint density at radius 3 is 2.79 bits per heavy atom. The molecule has 0 atom stereocenters. The van der Waals surface area contributed by atoms with Crippen molar-refractivity contribution in [1.29, 1.82) is 0 Å². The number of benzene rings is 1. The minimum Gasteiger partial charge on any atom is -0.293 e. The number of rotatable bonds is 3. The van der Waals surface area contributed by atoms with Crippen molar-refractivity contribution in [2.45, 2.75) is 6.42 Å². The fraction of sp³-hybridized carbons (Fsp3) is 0.0714. The molecule has 0 saturated heterocycles. The lowest BCUT2D eigenvalue weighted by molar-refractivity contribution is 0.0997. The number of carbonyl (C=O) groups excluding carboxylic acids is 1. The van der Waals surface area contributed by atoms with E-state index in [4.69, 9.17) is 23.2 Å². The first-order valence-electron chi connectivity index (χ1n) is 5.58. The van der Waals surface area contributed by atoms with Crippen molar-refractivity contribution in [3.05, 3.63) is 56.2 Å². The van der Waals surface area contributed by atoms with Crippen molar-refractivity contribution in [1.82, 2.24) is 0 Å². The van der Waals surface area contributed by atoms with Gasteiger partial charge < -0.3 is 0 Å². The van der Waals surface area contributed by atoms with Crippen LogP contribution in [0.25, 0.3) is 9.40 Å². The van der Waals surface area contributed by atoms with Crippen LogP contribution in [0.3, 0.4) is 0 Å². The second-order valence-electron chi connectivity index (χ2n) is 4.07. The van der Waals surface area contributed by atoms with Crippen LogP contribution in [0.4, 0.5) is 0 Å². The first kappa shape index (κ1) is 13.1. The van der Waals surface area contributed by atoms with Crippen molar-refractivity contribution < 1.29 is 4.79 Å². The summed E-state index contributed by atoms with van der Waals surface area (Å²) in [6.07, 6.45) is 0.285. The van der Waals surface area contributed by atoms with Crippen molar-refractivity contribution in [2.24, 2.45) is 0 Å². The molecule has 0 unspecified atom stereocenters. The molecule has 0 aliphatic carbocycles. The Hall–Kier alpha value is -0.870. The van der Waals surface area contributed by atoms with E-state index in [0.717, 1.165) is 19.8 Å². The molecule has 0 N–H and O–H groups in total. The molecule has 19 heavy (non-hydrogen) atoms. The normalized spacial score (nSPS) is 11.1. The molecule has 3 aromatic rings. The van der Waals surface area contributed by atoms with E-state index in [1.807, 2.05) is 29.6 Å². The summed E-state index contributed by atoms with van der Waals surface area (Å²) in [6, 6.07) is 9.35. The van der Waals surface area contributed by atoms with Crippen molar-refractivity contribution in [2.75, 3.05) is 0 Å². The molecule has 0 bridgehead atoms. The van der Waals surface area contributed by atoms with Crippen LogP contribution >= 0.6 is 45.9 Å². The Morgan fingerprint density at radius 2 is 2.00 bits per heavy atom. The average Bonchev–Trinajstić information content (AvgIpc) is 2.95. The van der Waals surface area contributed by atoms with Gasteiger partial charge in [-0.3, -0.25) is 4.79 Å². The molecule has 1 aromatic carbocycles. The fourth-order valence-corrected chi connectivity index (χ4v) is 4.28. The summed E-state index contributed by atoms with van der Waals surface area (Å²) in [5, 5.41) is 2.98. The molecule has 2 aromatic heterocycles. The Balaban J connectivity index is 1.89. The third kappa shape index (κ3) is 2.56. The Morgan fingerprint density at radius 1 is 1.16 bits per heavy atom. The van der Waals surface area contributed by atoms with Gasteiger partial charge in [-0.2, -0.15) is 0 Å². The number of ketones is 1. The number of hydrogen-bond acceptors (Lipinski definition) is 3. The molecule has 0 radical (unpaired) electrons. The van der Waals surface area contributed by atoms with E-state index in [2.05, 4.69) is 0 Å². The van der Waals surface area contributed by atoms with Crippen molar-refractivity contribution in [3.63, 3.8) is 0 Å². The molecule has 2 heterocycles. The third-order valence-corrected chi connectivity index (χ3v) is 5.79. The number of carbonyl (C=O) groups is 1. The molecule has 0 aliphatic heterocycles. The van der Waals surface area contributed by atoms with Gasteiger partial charge in [-0.1, -0.05) is 35.3 Å². The third-order valence-electron chi connectivity index (χ3n) is 2.80. The van der Waals surface area contributed by atoms with Gasteiger partial charge >= 0.3 is 0 Å². The summed E-state index contributed by atoms with van der Waals surface area (Å²) in [5.41, 5.74) is 0.774. The summed E-state index contributed by atoms with van der Waals surface area (Å²) in [7, 11) is 0. The maximum Gasteiger partial charge on any atom is 0.177 e. The SMILES string of the molecule is O=C(Cc1cccc(Cl)c1Cl)c1cc2sccc2s1. The first-order chi connectivity index (χ1) is 9.15. The zero-order chi connectivity index (χ0) is 13.4. The van der Waals surface area contributed by atoms with E-state index in [9.17, 15) is 4.79 Å². The van der Waals surface area contributed by atoms with Crippen LogP contribution in [-0.2, 0) is 6.42 Å². The lowest BCUT2D eigenvalue weighted by Crippen LogP contribution is -2.01. The molecule has 0 fully saturated rings. The summed E-state index contributed by atoms with van der Waals surface area (Å²) < 4.78 is 2.32. The minimum absolute atomic E-state index is 0.0811. The number of halogens is 2. The minimum atomic E-state index is 0.0811. The van der Waals surface area contributed by atoms with E-state index >= 15 is 0 Å². The number of Topliss-reactive ketones (excluding diaryl/α,β-unsaturated/α-hetero) is 1. The van der Waals surface area contributed by atoms with Crippen molar-refractivity contribution in [3.8, 4) is 0 Å². The van der Waals surface area contributed by atoms with Crippen LogP contribution < -0.4 is 0 Å². The molecule has 5 heteroatoms. The standard InChI is InChI=1S/C14H8Cl2OS2/c15-9-3-1-2-8(14(9)16)6-10(17)12-7-13-11(19-12)4-5-18-13/h1-5,7H,6H2. The van der Waals surface area contributed by atoms with Crippen LogP contribution in [0, 0.1) is 0 Å². The molecule has 1 nitrogen and oxygen atoms in total. The van der Waals surface area contributed by atoms with Crippen LogP contribution in [0.1, 0.15) is 15.2 Å². The highest BCUT2D eigenvalue weighted by Gasteiger charge is 2.14. The number of fused-ring (bicyclic) bond motifs is 1. The molecule has 0 aliphatic rings. The lowest BCUT2D eigenvalue weighted by Gasteiger charge is -2.03. The van der Waals surface area contributed by atoms with Gasteiger partial charge in [0.15, 0.2) is 5.78 Å². The monoisotopic (exact) mass is 326 g/mol. The maximum atomic E-state index is 12.3. The zero-order valence-electron chi connectivity index (χ0n) is 9.65. The van der Waals surface area contributed by atoms with Crippen LogP contribution in [0.2, 0.25) is 10.0 Å². The van der Waals surface area contributed by atoms with Crippen LogP contribution in [0.5, 0.6) is 0 Å². The van der Waals surface area contributed by atoms with Gasteiger partial charge in [-0.15, -0.1) is 22.7 Å². The lowest BCUT2D eigenvalue weighted by atomic mass is 10.1. The zero-order valence-corrected chi connectivity index (χ0v) is 12.8. The Kier molecular flexibility index (Phi) is 3.63. The molecular weight excluding hydrogens is 319 g/mol. The van der Waals surface area contributed by atoms with Crippen LogP contribution in [-0.4, -0.2) is 5.78 Å². The molecular formula is C14H8Cl2OS2. The molecule has 0 amide bonds. The van der Waals surface area contributed by atoms with Gasteiger partial charge in [0.05, 0.1) is 14.9 Å². The number of hydrogen-bond donors (Lipinski definition) is 0. The average molecular weight is 327 g/mol. The molecule has 0 saturated carbocycles. The second kappa shape index (κ2) is 5.25. The highest BCUT2D eigenvalue weighted by atomic mass is 35.5. The largest absolute Gasteiger partial charge is 0.293 e. The second-order valence-corrected chi connectivity index (χ2v) is 6.89.